The molecule has 1 unspecified atom stereocenters. The zero-order valence-electron chi connectivity index (χ0n) is 11.8. The molecule has 3 fully saturated rings. The SMILES string of the molecule is NC(=O)C1N(C2CCCC2)CCCC12CCOCC2. The molecule has 19 heavy (non-hydrogen) atoms. The van der Waals surface area contributed by atoms with Gasteiger partial charge in [0, 0.05) is 19.3 Å². The average Bonchev–Trinajstić information content (AvgIpc) is 2.92. The van der Waals surface area contributed by atoms with Crippen LogP contribution in [0.25, 0.3) is 0 Å². The number of ether oxygens (including phenoxy) is 1. The molecular formula is C15H26N2O2. The highest BCUT2D eigenvalue weighted by Gasteiger charge is 2.50. The molecular weight excluding hydrogens is 240 g/mol. The summed E-state index contributed by atoms with van der Waals surface area (Å²) in [6.07, 6.45) is 9.47. The van der Waals surface area contributed by atoms with Crippen molar-refractivity contribution < 1.29 is 9.53 Å². The number of hydrogen-bond acceptors (Lipinski definition) is 3. The lowest BCUT2D eigenvalue weighted by Gasteiger charge is -2.52. The third kappa shape index (κ3) is 2.40. The Kier molecular flexibility index (Phi) is 3.81. The van der Waals surface area contributed by atoms with Gasteiger partial charge in [0.1, 0.15) is 0 Å². The lowest BCUT2D eigenvalue weighted by atomic mass is 9.67. The summed E-state index contributed by atoms with van der Waals surface area (Å²) in [6.45, 7) is 2.64. The maximum absolute atomic E-state index is 12.1. The van der Waals surface area contributed by atoms with E-state index in [4.69, 9.17) is 10.5 Å². The molecule has 1 saturated carbocycles. The van der Waals surface area contributed by atoms with Crippen molar-refractivity contribution in [1.82, 2.24) is 4.90 Å². The number of carbonyl (C=O) groups excluding carboxylic acids is 1. The summed E-state index contributed by atoms with van der Waals surface area (Å²) in [5.41, 5.74) is 5.91. The molecule has 1 spiro atoms. The van der Waals surface area contributed by atoms with Crippen LogP contribution >= 0.6 is 0 Å². The van der Waals surface area contributed by atoms with Gasteiger partial charge in [-0.25, -0.2) is 0 Å². The molecule has 0 aromatic heterocycles. The van der Waals surface area contributed by atoms with E-state index in [9.17, 15) is 4.79 Å². The van der Waals surface area contributed by atoms with E-state index < -0.39 is 0 Å². The first kappa shape index (κ1) is 13.4. The minimum absolute atomic E-state index is 0.0479. The quantitative estimate of drug-likeness (QED) is 0.827. The molecule has 1 atom stereocenters. The van der Waals surface area contributed by atoms with Crippen LogP contribution in [-0.2, 0) is 9.53 Å². The van der Waals surface area contributed by atoms with Crippen molar-refractivity contribution in [3.63, 3.8) is 0 Å². The molecule has 108 valence electrons. The Labute approximate surface area is 115 Å². The lowest BCUT2D eigenvalue weighted by molar-refractivity contribution is -0.140. The maximum atomic E-state index is 12.1. The summed E-state index contributed by atoms with van der Waals surface area (Å²) in [5.74, 6) is -0.103. The number of nitrogens with two attached hydrogens (primary N) is 1. The predicted molar refractivity (Wildman–Crippen MR) is 73.7 cm³/mol. The van der Waals surface area contributed by atoms with Gasteiger partial charge in [0.05, 0.1) is 6.04 Å². The highest BCUT2D eigenvalue weighted by Crippen LogP contribution is 2.46. The number of carbonyl (C=O) groups is 1. The molecule has 3 aliphatic rings. The van der Waals surface area contributed by atoms with Crippen molar-refractivity contribution in [2.75, 3.05) is 19.8 Å². The first-order valence-corrected chi connectivity index (χ1v) is 7.86. The van der Waals surface area contributed by atoms with Crippen molar-refractivity contribution in [1.29, 1.82) is 0 Å². The largest absolute Gasteiger partial charge is 0.381 e. The number of rotatable bonds is 2. The Morgan fingerprint density at radius 2 is 1.79 bits per heavy atom. The van der Waals surface area contributed by atoms with Crippen LogP contribution in [0.4, 0.5) is 0 Å². The first-order valence-electron chi connectivity index (χ1n) is 7.86. The second-order valence-corrected chi connectivity index (χ2v) is 6.56. The summed E-state index contributed by atoms with van der Waals surface area (Å²) in [4.78, 5) is 14.6. The van der Waals surface area contributed by atoms with Gasteiger partial charge in [0.2, 0.25) is 5.91 Å². The Morgan fingerprint density at radius 1 is 1.11 bits per heavy atom. The van der Waals surface area contributed by atoms with Gasteiger partial charge >= 0.3 is 0 Å². The van der Waals surface area contributed by atoms with Crippen LogP contribution in [0.1, 0.15) is 51.4 Å². The van der Waals surface area contributed by atoms with Crippen LogP contribution in [0.2, 0.25) is 0 Å². The third-order valence-electron chi connectivity index (χ3n) is 5.55. The Hall–Kier alpha value is -0.610. The van der Waals surface area contributed by atoms with E-state index in [0.29, 0.717) is 6.04 Å². The van der Waals surface area contributed by atoms with Crippen molar-refractivity contribution in [2.45, 2.75) is 63.5 Å². The van der Waals surface area contributed by atoms with Gasteiger partial charge in [-0.1, -0.05) is 12.8 Å². The maximum Gasteiger partial charge on any atom is 0.235 e. The molecule has 3 rings (SSSR count). The highest BCUT2D eigenvalue weighted by atomic mass is 16.5. The van der Waals surface area contributed by atoms with Crippen LogP contribution in [-0.4, -0.2) is 42.6 Å². The summed E-state index contributed by atoms with van der Waals surface area (Å²) in [6, 6.07) is 0.547. The van der Waals surface area contributed by atoms with Gasteiger partial charge in [0.15, 0.2) is 0 Å². The lowest BCUT2D eigenvalue weighted by Crippen LogP contribution is -2.62. The fourth-order valence-corrected chi connectivity index (χ4v) is 4.63. The Morgan fingerprint density at radius 3 is 2.42 bits per heavy atom. The molecule has 1 aliphatic carbocycles. The minimum atomic E-state index is -0.103. The Bertz CT molecular complexity index is 328. The highest BCUT2D eigenvalue weighted by molar-refractivity contribution is 5.81. The predicted octanol–water partition coefficient (Wildman–Crippen LogP) is 1.68. The molecule has 2 heterocycles. The second kappa shape index (κ2) is 5.41. The fraction of sp³-hybridized carbons (Fsp3) is 0.933. The zero-order chi connectivity index (χ0) is 13.3. The van der Waals surface area contributed by atoms with Gasteiger partial charge in [-0.2, -0.15) is 0 Å². The van der Waals surface area contributed by atoms with Gasteiger partial charge in [-0.15, -0.1) is 0 Å². The number of likely N-dealkylation sites (tertiary alicyclic amines) is 1. The minimum Gasteiger partial charge on any atom is -0.381 e. The molecule has 0 aromatic carbocycles. The molecule has 2 saturated heterocycles. The van der Waals surface area contributed by atoms with Gasteiger partial charge in [-0.3, -0.25) is 9.69 Å². The third-order valence-corrected chi connectivity index (χ3v) is 5.55. The number of piperidine rings is 1. The zero-order valence-corrected chi connectivity index (χ0v) is 11.8. The van der Waals surface area contributed by atoms with E-state index in [1.165, 1.54) is 32.1 Å². The van der Waals surface area contributed by atoms with Crippen molar-refractivity contribution in [3.8, 4) is 0 Å². The van der Waals surface area contributed by atoms with E-state index >= 15 is 0 Å². The summed E-state index contributed by atoms with van der Waals surface area (Å²) >= 11 is 0. The number of primary amides is 1. The molecule has 4 heteroatoms. The van der Waals surface area contributed by atoms with Gasteiger partial charge < -0.3 is 10.5 Å². The van der Waals surface area contributed by atoms with E-state index in [1.807, 2.05) is 0 Å². The topological polar surface area (TPSA) is 55.6 Å². The smallest absolute Gasteiger partial charge is 0.235 e. The van der Waals surface area contributed by atoms with Crippen molar-refractivity contribution in [2.24, 2.45) is 11.1 Å². The molecule has 0 bridgehead atoms. The van der Waals surface area contributed by atoms with E-state index in [2.05, 4.69) is 4.90 Å². The molecule has 2 N–H and O–H groups in total. The van der Waals surface area contributed by atoms with Crippen LogP contribution < -0.4 is 5.73 Å². The number of nitrogens with zero attached hydrogens (tertiary/aromatic N) is 1. The summed E-state index contributed by atoms with van der Waals surface area (Å²) in [5, 5.41) is 0. The normalized spacial score (nSPS) is 32.7. The van der Waals surface area contributed by atoms with Gasteiger partial charge in [-0.05, 0) is 50.5 Å². The fourth-order valence-electron chi connectivity index (χ4n) is 4.63. The van der Waals surface area contributed by atoms with E-state index in [-0.39, 0.29) is 17.4 Å². The van der Waals surface area contributed by atoms with E-state index in [1.54, 1.807) is 0 Å². The van der Waals surface area contributed by atoms with Crippen LogP contribution in [0.5, 0.6) is 0 Å². The van der Waals surface area contributed by atoms with Gasteiger partial charge in [0.25, 0.3) is 0 Å². The molecule has 2 aliphatic heterocycles. The van der Waals surface area contributed by atoms with Crippen molar-refractivity contribution >= 4 is 5.91 Å². The van der Waals surface area contributed by atoms with E-state index in [0.717, 1.165) is 39.0 Å². The molecule has 0 radical (unpaired) electrons. The summed E-state index contributed by atoms with van der Waals surface area (Å²) in [7, 11) is 0. The van der Waals surface area contributed by atoms with Crippen LogP contribution in [0.3, 0.4) is 0 Å². The first-order chi connectivity index (χ1) is 9.23. The molecule has 0 aromatic rings. The second-order valence-electron chi connectivity index (χ2n) is 6.56. The number of hydrogen-bond donors (Lipinski definition) is 1. The standard InChI is InChI=1S/C15H26N2O2/c16-14(18)13-15(7-10-19-11-8-15)6-3-9-17(13)12-4-1-2-5-12/h12-13H,1-11H2,(H2,16,18). The molecule has 1 amide bonds. The average molecular weight is 266 g/mol. The summed E-state index contributed by atoms with van der Waals surface area (Å²) < 4.78 is 5.52. The Balaban J connectivity index is 1.85. The van der Waals surface area contributed by atoms with Crippen LogP contribution in [0.15, 0.2) is 0 Å². The number of amides is 1. The monoisotopic (exact) mass is 266 g/mol. The van der Waals surface area contributed by atoms with Crippen molar-refractivity contribution in [3.05, 3.63) is 0 Å². The molecule has 4 nitrogen and oxygen atoms in total. The van der Waals surface area contributed by atoms with Crippen LogP contribution in [0, 0.1) is 5.41 Å².